The van der Waals surface area contributed by atoms with Crippen LogP contribution in [0.2, 0.25) is 0 Å². The minimum absolute atomic E-state index is 0.00826. The molecule has 2 aromatic rings. The van der Waals surface area contributed by atoms with Crippen molar-refractivity contribution in [3.63, 3.8) is 0 Å². The predicted octanol–water partition coefficient (Wildman–Crippen LogP) is 2.37. The SMILES string of the molecule is COc1ccc(CNC(=O)CS(=O)(=O)CCCc2ccccc2)cc1OC. The average molecular weight is 391 g/mol. The van der Waals surface area contributed by atoms with Crippen LogP contribution < -0.4 is 14.8 Å². The Bertz CT molecular complexity index is 850. The maximum Gasteiger partial charge on any atom is 0.235 e. The van der Waals surface area contributed by atoms with Crippen LogP contribution in [0.3, 0.4) is 0 Å². The van der Waals surface area contributed by atoms with Crippen LogP contribution in [0.25, 0.3) is 0 Å². The van der Waals surface area contributed by atoms with Gasteiger partial charge in [0.25, 0.3) is 0 Å². The van der Waals surface area contributed by atoms with E-state index < -0.39 is 21.5 Å². The summed E-state index contributed by atoms with van der Waals surface area (Å²) in [6.07, 6.45) is 1.17. The van der Waals surface area contributed by atoms with Crippen LogP contribution in [0.15, 0.2) is 48.5 Å². The number of carbonyl (C=O) groups excluding carboxylic acids is 1. The van der Waals surface area contributed by atoms with Crippen LogP contribution >= 0.6 is 0 Å². The Labute approximate surface area is 160 Å². The van der Waals surface area contributed by atoms with Crippen molar-refractivity contribution < 1.29 is 22.7 Å². The molecule has 146 valence electrons. The number of sulfone groups is 1. The Balaban J connectivity index is 1.80. The second kappa shape index (κ2) is 9.97. The van der Waals surface area contributed by atoms with E-state index in [4.69, 9.17) is 9.47 Å². The van der Waals surface area contributed by atoms with E-state index in [0.29, 0.717) is 24.3 Å². The first-order chi connectivity index (χ1) is 12.9. The van der Waals surface area contributed by atoms with Gasteiger partial charge < -0.3 is 14.8 Å². The summed E-state index contributed by atoms with van der Waals surface area (Å²) in [5, 5.41) is 2.64. The number of amides is 1. The molecule has 0 aliphatic heterocycles. The van der Waals surface area contributed by atoms with Crippen LogP contribution in [0.1, 0.15) is 17.5 Å². The molecule has 0 saturated heterocycles. The van der Waals surface area contributed by atoms with E-state index in [0.717, 1.165) is 11.1 Å². The molecule has 7 heteroatoms. The van der Waals surface area contributed by atoms with Crippen LogP contribution in [-0.4, -0.2) is 40.1 Å². The molecule has 0 fully saturated rings. The highest BCUT2D eigenvalue weighted by molar-refractivity contribution is 7.92. The third kappa shape index (κ3) is 6.94. The van der Waals surface area contributed by atoms with Gasteiger partial charge in [-0.1, -0.05) is 36.4 Å². The zero-order chi connectivity index (χ0) is 19.7. The summed E-state index contributed by atoms with van der Waals surface area (Å²) in [4.78, 5) is 12.0. The first-order valence-corrected chi connectivity index (χ1v) is 10.5. The molecular formula is C20H25NO5S. The topological polar surface area (TPSA) is 81.7 Å². The van der Waals surface area contributed by atoms with Gasteiger partial charge in [-0.15, -0.1) is 0 Å². The number of hydrogen-bond donors (Lipinski definition) is 1. The summed E-state index contributed by atoms with van der Waals surface area (Å²) in [7, 11) is -0.362. The quantitative estimate of drug-likeness (QED) is 0.672. The molecule has 1 N–H and O–H groups in total. The average Bonchev–Trinajstić information content (AvgIpc) is 2.66. The Morgan fingerprint density at radius 3 is 2.33 bits per heavy atom. The van der Waals surface area contributed by atoms with Gasteiger partial charge in [-0.25, -0.2) is 8.42 Å². The molecule has 1 amide bonds. The van der Waals surface area contributed by atoms with Gasteiger partial charge in [0.15, 0.2) is 21.3 Å². The highest BCUT2D eigenvalue weighted by Gasteiger charge is 2.16. The third-order valence-electron chi connectivity index (χ3n) is 4.05. The largest absolute Gasteiger partial charge is 0.493 e. The summed E-state index contributed by atoms with van der Waals surface area (Å²) < 4.78 is 34.6. The highest BCUT2D eigenvalue weighted by Crippen LogP contribution is 2.27. The molecule has 0 saturated carbocycles. The van der Waals surface area contributed by atoms with Crippen molar-refractivity contribution >= 4 is 15.7 Å². The fourth-order valence-corrected chi connectivity index (χ4v) is 3.89. The Kier molecular flexibility index (Phi) is 7.67. The van der Waals surface area contributed by atoms with Gasteiger partial charge in [0.05, 0.1) is 20.0 Å². The molecule has 27 heavy (non-hydrogen) atoms. The molecule has 2 aromatic carbocycles. The molecule has 6 nitrogen and oxygen atoms in total. The summed E-state index contributed by atoms with van der Waals surface area (Å²) in [6.45, 7) is 0.221. The monoisotopic (exact) mass is 391 g/mol. The number of aryl methyl sites for hydroxylation is 1. The first-order valence-electron chi connectivity index (χ1n) is 8.65. The lowest BCUT2D eigenvalue weighted by molar-refractivity contribution is -0.118. The van der Waals surface area contributed by atoms with Crippen molar-refractivity contribution in [3.8, 4) is 11.5 Å². The Morgan fingerprint density at radius 1 is 0.963 bits per heavy atom. The second-order valence-corrected chi connectivity index (χ2v) is 8.33. The fourth-order valence-electron chi connectivity index (χ4n) is 2.66. The summed E-state index contributed by atoms with van der Waals surface area (Å²) in [5.74, 6) is 0.122. The van der Waals surface area contributed by atoms with E-state index in [1.165, 1.54) is 7.11 Å². The number of nitrogens with one attached hydrogen (secondary N) is 1. The number of carbonyl (C=O) groups is 1. The second-order valence-electron chi connectivity index (χ2n) is 6.15. The van der Waals surface area contributed by atoms with Gasteiger partial charge in [0.1, 0.15) is 5.75 Å². The molecule has 0 spiro atoms. The maximum absolute atomic E-state index is 12.1. The number of hydrogen-bond acceptors (Lipinski definition) is 5. The van der Waals surface area contributed by atoms with Crippen LogP contribution in [0.5, 0.6) is 11.5 Å². The van der Waals surface area contributed by atoms with E-state index in [9.17, 15) is 13.2 Å². The fraction of sp³-hybridized carbons (Fsp3) is 0.350. The van der Waals surface area contributed by atoms with Gasteiger partial charge in [0, 0.05) is 6.54 Å². The zero-order valence-electron chi connectivity index (χ0n) is 15.6. The molecule has 0 heterocycles. The van der Waals surface area contributed by atoms with E-state index in [-0.39, 0.29) is 12.3 Å². The molecule has 0 aliphatic rings. The lowest BCUT2D eigenvalue weighted by atomic mass is 10.1. The van der Waals surface area contributed by atoms with Gasteiger partial charge in [0.2, 0.25) is 5.91 Å². The normalized spacial score (nSPS) is 11.0. The number of rotatable bonds is 10. The zero-order valence-corrected chi connectivity index (χ0v) is 16.4. The van der Waals surface area contributed by atoms with Gasteiger partial charge >= 0.3 is 0 Å². The van der Waals surface area contributed by atoms with E-state index in [1.54, 1.807) is 25.3 Å². The molecular weight excluding hydrogens is 366 g/mol. The van der Waals surface area contributed by atoms with Gasteiger partial charge in [-0.3, -0.25) is 4.79 Å². The lowest BCUT2D eigenvalue weighted by Gasteiger charge is -2.10. The smallest absolute Gasteiger partial charge is 0.235 e. The summed E-state index contributed by atoms with van der Waals surface area (Å²) in [6, 6.07) is 15.0. The first kappa shape index (κ1) is 20.8. The number of methoxy groups -OCH3 is 2. The lowest BCUT2D eigenvalue weighted by Crippen LogP contribution is -2.31. The molecule has 0 radical (unpaired) electrons. The van der Waals surface area contributed by atoms with E-state index in [2.05, 4.69) is 5.32 Å². The number of ether oxygens (including phenoxy) is 2. The van der Waals surface area contributed by atoms with Crippen LogP contribution in [0.4, 0.5) is 0 Å². The van der Waals surface area contributed by atoms with Crippen molar-refractivity contribution in [2.75, 3.05) is 25.7 Å². The molecule has 0 atom stereocenters. The van der Waals surface area contributed by atoms with E-state index in [1.807, 2.05) is 30.3 Å². The molecule has 2 rings (SSSR count). The van der Waals surface area contributed by atoms with Crippen molar-refractivity contribution in [2.45, 2.75) is 19.4 Å². The highest BCUT2D eigenvalue weighted by atomic mass is 32.2. The summed E-state index contributed by atoms with van der Waals surface area (Å²) in [5.41, 5.74) is 1.88. The number of benzene rings is 2. The van der Waals surface area contributed by atoms with Crippen LogP contribution in [-0.2, 0) is 27.6 Å². The van der Waals surface area contributed by atoms with Crippen molar-refractivity contribution in [1.82, 2.24) is 5.32 Å². The minimum Gasteiger partial charge on any atom is -0.493 e. The standard InChI is InChI=1S/C20H25NO5S/c1-25-18-11-10-17(13-19(18)26-2)14-21-20(22)15-27(23,24)12-6-9-16-7-4-3-5-8-16/h3-5,7-8,10-11,13H,6,9,12,14-15H2,1-2H3,(H,21,22). The summed E-state index contributed by atoms with van der Waals surface area (Å²) >= 11 is 0. The minimum atomic E-state index is -3.44. The Morgan fingerprint density at radius 2 is 1.67 bits per heavy atom. The molecule has 0 aliphatic carbocycles. The maximum atomic E-state index is 12.1. The van der Waals surface area contributed by atoms with E-state index >= 15 is 0 Å². The van der Waals surface area contributed by atoms with Gasteiger partial charge in [-0.2, -0.15) is 0 Å². The molecule has 0 aromatic heterocycles. The molecule has 0 bridgehead atoms. The Hall–Kier alpha value is -2.54. The van der Waals surface area contributed by atoms with Crippen LogP contribution in [0, 0.1) is 0 Å². The van der Waals surface area contributed by atoms with Crippen molar-refractivity contribution in [1.29, 1.82) is 0 Å². The molecule has 0 unspecified atom stereocenters. The van der Waals surface area contributed by atoms with Gasteiger partial charge in [-0.05, 0) is 36.1 Å². The predicted molar refractivity (Wildman–Crippen MR) is 105 cm³/mol. The van der Waals surface area contributed by atoms with Crippen molar-refractivity contribution in [2.24, 2.45) is 0 Å². The third-order valence-corrected chi connectivity index (χ3v) is 5.66. The van der Waals surface area contributed by atoms with Crippen molar-refractivity contribution in [3.05, 3.63) is 59.7 Å².